The second kappa shape index (κ2) is 18.7. The number of ether oxygens (including phenoxy) is 1. The van der Waals surface area contributed by atoms with E-state index in [1.165, 1.54) is 6.92 Å². The number of carbonyl (C=O) groups excluding carboxylic acids is 1. The molecule has 0 radical (unpaired) electrons. The second-order valence-corrected chi connectivity index (χ2v) is 17.5. The van der Waals surface area contributed by atoms with E-state index < -0.39 is 46.8 Å². The summed E-state index contributed by atoms with van der Waals surface area (Å²) < 4.78 is 30.7. The summed E-state index contributed by atoms with van der Waals surface area (Å²) in [6.45, 7) is 3.18. The minimum atomic E-state index is -3.44. The Balaban J connectivity index is 1.20. The Hall–Kier alpha value is -3.14. The number of hydrogen-bond donors (Lipinski definition) is 6. The number of pyridine rings is 1. The first-order chi connectivity index (χ1) is 25.8. The van der Waals surface area contributed by atoms with Gasteiger partial charge >= 0.3 is 0 Å². The Bertz CT molecular complexity index is 1820. The number of rotatable bonds is 22. The zero-order chi connectivity index (χ0) is 39.0. The Kier molecular flexibility index (Phi) is 14.5. The number of hydrogen-bond acceptors (Lipinski definition) is 11. The fourth-order valence-corrected chi connectivity index (χ4v) is 7.61. The number of nitrogens with zero attached hydrogens (tertiary/aromatic N) is 2. The number of halogens is 1. The summed E-state index contributed by atoms with van der Waals surface area (Å²) in [7, 11) is -3.44. The molecule has 2 fully saturated rings. The van der Waals surface area contributed by atoms with Crippen LogP contribution in [0.15, 0.2) is 60.9 Å². The number of sulfone groups is 1. The molecule has 5 rings (SSSR count). The van der Waals surface area contributed by atoms with E-state index >= 15 is 0 Å². The van der Waals surface area contributed by atoms with Crippen molar-refractivity contribution in [2.24, 2.45) is 0 Å². The Morgan fingerprint density at radius 1 is 1.04 bits per heavy atom. The zero-order valence-electron chi connectivity index (χ0n) is 31.0. The van der Waals surface area contributed by atoms with Crippen LogP contribution in [0, 0.1) is 0 Å². The maximum atomic E-state index is 13.1. The molecule has 0 spiro atoms. The summed E-state index contributed by atoms with van der Waals surface area (Å²) in [4.78, 5) is 18.8. The highest BCUT2D eigenvalue weighted by atomic mass is 35.5. The predicted molar refractivity (Wildman–Crippen MR) is 207 cm³/mol. The van der Waals surface area contributed by atoms with Gasteiger partial charge in [-0.2, -0.15) is 0 Å². The summed E-state index contributed by atoms with van der Waals surface area (Å²) in [5, 5.41) is 54.0. The third kappa shape index (κ3) is 10.8. The van der Waals surface area contributed by atoms with Crippen LogP contribution in [0.25, 0.3) is 11.1 Å². The Morgan fingerprint density at radius 3 is 2.46 bits per heavy atom. The topological polar surface area (TPSA) is 190 Å². The van der Waals surface area contributed by atoms with Gasteiger partial charge in [0.15, 0.2) is 15.9 Å². The van der Waals surface area contributed by atoms with E-state index in [0.717, 1.165) is 70.6 Å². The van der Waals surface area contributed by atoms with E-state index in [9.17, 15) is 33.6 Å². The number of aliphatic hydroxyl groups is 5. The maximum absolute atomic E-state index is 13.1. The maximum Gasteiger partial charge on any atom is 0.254 e. The molecule has 12 nitrogen and oxygen atoms in total. The smallest absolute Gasteiger partial charge is 0.254 e. The average Bonchev–Trinajstić information content (AvgIpc) is 4.13. The summed E-state index contributed by atoms with van der Waals surface area (Å²) >= 11 is 6.73. The molecule has 3 aromatic rings. The van der Waals surface area contributed by atoms with Crippen LogP contribution in [-0.4, -0.2) is 111 Å². The zero-order valence-corrected chi connectivity index (χ0v) is 32.6. The van der Waals surface area contributed by atoms with Crippen LogP contribution in [0.3, 0.4) is 0 Å². The van der Waals surface area contributed by atoms with E-state index in [0.29, 0.717) is 24.4 Å². The Labute approximate surface area is 323 Å². The number of aliphatic hydroxyl groups excluding tert-OH is 5. The standard InChI is InChI=1S/C40H54ClN3O9S/c1-3-54(51,52)21-20-44(39(50)38(49)37(48)36(47)34(46)25-45)19-7-6-8-26(2)27-11-14-33(41)28(22-27)23-43-40(16-17-40)32-24-42-18-15-30(32)31-9-4-5-10-35(31)53-29-12-13-29/h4-5,9-11,14-15,18,22,24,26,29,34,36-38,43,45-49H,3,6-8,12-13,16-17,19-21,23,25H2,1-2H3/t26?,34-,36+,37-,38-/m0/s1. The van der Waals surface area contributed by atoms with Crippen molar-refractivity contribution in [1.82, 2.24) is 15.2 Å². The van der Waals surface area contributed by atoms with Gasteiger partial charge in [0.2, 0.25) is 0 Å². The molecule has 0 aliphatic heterocycles. The molecule has 6 N–H and O–H groups in total. The van der Waals surface area contributed by atoms with Crippen LogP contribution < -0.4 is 10.1 Å². The van der Waals surface area contributed by atoms with Gasteiger partial charge in [-0.05, 0) is 84.9 Å². The number of carbonyl (C=O) groups is 1. The number of nitrogens with one attached hydrogen (secondary N) is 1. The van der Waals surface area contributed by atoms with Gasteiger partial charge in [-0.25, -0.2) is 8.42 Å². The van der Waals surface area contributed by atoms with Crippen molar-refractivity contribution in [3.05, 3.63) is 82.6 Å². The highest BCUT2D eigenvalue weighted by molar-refractivity contribution is 7.91. The quantitative estimate of drug-likeness (QED) is 0.0815. The summed E-state index contributed by atoms with van der Waals surface area (Å²) in [5.41, 5.74) is 5.15. The van der Waals surface area contributed by atoms with Crippen molar-refractivity contribution in [2.45, 2.75) is 107 Å². The summed E-state index contributed by atoms with van der Waals surface area (Å²) in [6.07, 6.45) is 2.11. The van der Waals surface area contributed by atoms with Gasteiger partial charge in [-0.3, -0.25) is 9.78 Å². The number of unbranched alkanes of at least 4 members (excludes halogenated alkanes) is 1. The highest BCUT2D eigenvalue weighted by Gasteiger charge is 2.46. The molecule has 1 heterocycles. The van der Waals surface area contributed by atoms with Gasteiger partial charge in [0.1, 0.15) is 24.1 Å². The molecule has 1 unspecified atom stereocenters. The van der Waals surface area contributed by atoms with E-state index in [-0.39, 0.29) is 42.2 Å². The van der Waals surface area contributed by atoms with E-state index in [4.69, 9.17) is 21.4 Å². The van der Waals surface area contributed by atoms with Gasteiger partial charge in [0, 0.05) is 53.9 Å². The summed E-state index contributed by atoms with van der Waals surface area (Å²) in [6, 6.07) is 16.3. The molecule has 1 amide bonds. The number of amides is 1. The van der Waals surface area contributed by atoms with Crippen molar-refractivity contribution in [3.63, 3.8) is 0 Å². The first-order valence-corrected chi connectivity index (χ1v) is 21.0. The van der Waals surface area contributed by atoms with Gasteiger partial charge in [-0.1, -0.05) is 62.2 Å². The van der Waals surface area contributed by atoms with Crippen molar-refractivity contribution < 1.29 is 43.5 Å². The molecule has 2 aliphatic rings. The number of aromatic nitrogens is 1. The molecule has 2 aromatic carbocycles. The van der Waals surface area contributed by atoms with Crippen molar-refractivity contribution in [3.8, 4) is 16.9 Å². The fourth-order valence-electron chi connectivity index (χ4n) is 6.64. The normalized spacial score (nSPS) is 18.0. The van der Waals surface area contributed by atoms with Gasteiger partial charge in [0.05, 0.1) is 18.5 Å². The minimum absolute atomic E-state index is 0.110. The third-order valence-electron chi connectivity index (χ3n) is 10.6. The molecular weight excluding hydrogens is 734 g/mol. The van der Waals surface area contributed by atoms with Gasteiger partial charge in [-0.15, -0.1) is 0 Å². The first-order valence-electron chi connectivity index (χ1n) is 18.9. The molecule has 54 heavy (non-hydrogen) atoms. The van der Waals surface area contributed by atoms with E-state index in [1.54, 1.807) is 0 Å². The molecule has 5 atom stereocenters. The van der Waals surface area contributed by atoms with Crippen LogP contribution in [0.4, 0.5) is 0 Å². The molecule has 0 bridgehead atoms. The van der Waals surface area contributed by atoms with Crippen LogP contribution in [-0.2, 0) is 26.7 Å². The lowest BCUT2D eigenvalue weighted by molar-refractivity contribution is -0.158. The van der Waals surface area contributed by atoms with Gasteiger partial charge in [0.25, 0.3) is 5.91 Å². The minimum Gasteiger partial charge on any atom is -0.490 e. The van der Waals surface area contributed by atoms with Gasteiger partial charge < -0.3 is 40.5 Å². The molecular formula is C40H54ClN3O9S. The highest BCUT2D eigenvalue weighted by Crippen LogP contribution is 2.50. The van der Waals surface area contributed by atoms with E-state index in [2.05, 4.69) is 35.4 Å². The van der Waals surface area contributed by atoms with E-state index in [1.807, 2.05) is 42.7 Å². The average molecular weight is 788 g/mol. The Morgan fingerprint density at radius 2 is 1.78 bits per heavy atom. The van der Waals surface area contributed by atoms with Crippen molar-refractivity contribution >= 4 is 27.3 Å². The molecule has 14 heteroatoms. The number of benzene rings is 2. The molecule has 0 saturated heterocycles. The third-order valence-corrected chi connectivity index (χ3v) is 12.6. The molecule has 1 aromatic heterocycles. The lowest BCUT2D eigenvalue weighted by Gasteiger charge is -2.30. The molecule has 2 aliphatic carbocycles. The lowest BCUT2D eigenvalue weighted by Crippen LogP contribution is -2.53. The van der Waals surface area contributed by atoms with Crippen LogP contribution >= 0.6 is 11.6 Å². The largest absolute Gasteiger partial charge is 0.490 e. The molecule has 2 saturated carbocycles. The number of para-hydroxylation sites is 1. The predicted octanol–water partition coefficient (Wildman–Crippen LogP) is 3.70. The SMILES string of the molecule is CCS(=O)(=O)CCN(CCCCC(C)c1ccc(Cl)c(CNC2(c3cnccc3-c3ccccc3OC3CC3)CC2)c1)C(=O)[C@@H](O)[C@@H](O)[C@H](O)[C@@H](O)CO. The van der Waals surface area contributed by atoms with Crippen LogP contribution in [0.2, 0.25) is 5.02 Å². The first kappa shape index (κ1) is 42.0. The monoisotopic (exact) mass is 787 g/mol. The lowest BCUT2D eigenvalue weighted by atomic mass is 9.93. The van der Waals surface area contributed by atoms with Crippen molar-refractivity contribution in [1.29, 1.82) is 0 Å². The van der Waals surface area contributed by atoms with Crippen molar-refractivity contribution in [2.75, 3.05) is 31.2 Å². The van der Waals surface area contributed by atoms with Crippen LogP contribution in [0.1, 0.15) is 81.4 Å². The molecule has 296 valence electrons. The fraction of sp³-hybridized carbons (Fsp3) is 0.550. The summed E-state index contributed by atoms with van der Waals surface area (Å²) in [5.74, 6) is -0.390. The van der Waals surface area contributed by atoms with Crippen LogP contribution in [0.5, 0.6) is 5.75 Å². The second-order valence-electron chi connectivity index (χ2n) is 14.7.